The van der Waals surface area contributed by atoms with Gasteiger partial charge < -0.3 is 138 Å². The van der Waals surface area contributed by atoms with Crippen LogP contribution < -0.4 is 0 Å². The van der Waals surface area contributed by atoms with Crippen molar-refractivity contribution < 1.29 is 138 Å². The van der Waals surface area contributed by atoms with Crippen LogP contribution in [-0.4, -0.2) is 367 Å². The molecule has 21 rings (SSSR count). The monoisotopic (exact) mass is 1640 g/mol. The lowest BCUT2D eigenvalue weighted by Gasteiger charge is -2.50. The second-order valence-electron chi connectivity index (χ2n) is 28.4. The summed E-state index contributed by atoms with van der Waals surface area (Å²) in [4.78, 5) is 0. The average molecular weight is 1640 g/mol. The van der Waals surface area contributed by atoms with Crippen LogP contribution in [0.5, 0.6) is 0 Å². The lowest BCUT2D eigenvalue weighted by atomic mass is 9.95. The Kier molecular flexibility index (Phi) is 41.6. The van der Waals surface area contributed by atoms with Gasteiger partial charge in [-0.15, -0.1) is 0 Å². The molecule has 35 heteroatoms. The third kappa shape index (κ3) is 25.2. The molecule has 0 radical (unpaired) electrons. The van der Waals surface area contributed by atoms with E-state index < -0.39 is 215 Å². The Hall–Kier alpha value is 1.33. The van der Waals surface area contributed by atoms with Crippen LogP contribution in [0.4, 0.5) is 0 Å². The number of unbranched alkanes of at least 4 members (excludes halogenated alkanes) is 7. The van der Waals surface area contributed by atoms with Crippen molar-refractivity contribution in [1.29, 1.82) is 0 Å². The summed E-state index contributed by atoms with van der Waals surface area (Å²) < 4.78 is 91.6. The molecule has 21 saturated heterocycles. The molecule has 0 aromatic heterocycles. The quantitative estimate of drug-likeness (QED) is 0.0405. The average Bonchev–Trinajstić information content (AvgIpc) is 0.793. The zero-order chi connectivity index (χ0) is 75.9. The predicted octanol–water partition coefficient (Wildman–Crippen LogP) is 2.56. The highest BCUT2D eigenvalue weighted by Crippen LogP contribution is 2.42. The van der Waals surface area contributed by atoms with E-state index >= 15 is 0 Å². The van der Waals surface area contributed by atoms with Gasteiger partial charge in [0.15, 0.2) is 44.0 Å². The van der Waals surface area contributed by atoms with E-state index in [1.54, 1.807) is 0 Å². The molecular weight excluding hydrogens is 1510 g/mol. The van der Waals surface area contributed by atoms with Crippen LogP contribution in [0, 0.1) is 0 Å². The molecule has 0 saturated carbocycles. The van der Waals surface area contributed by atoms with Crippen molar-refractivity contribution in [2.24, 2.45) is 0 Å². The molecule has 14 N–H and O–H groups in total. The van der Waals surface area contributed by atoms with E-state index in [-0.39, 0.29) is 40.3 Å². The fourth-order valence-electron chi connectivity index (χ4n) is 13.4. The normalized spacial score (nSPS) is 43.8. The third-order valence-corrected chi connectivity index (χ3v) is 28.0. The van der Waals surface area contributed by atoms with Gasteiger partial charge in [-0.3, -0.25) is 0 Å². The predicted molar refractivity (Wildman–Crippen MR) is 404 cm³/mol. The summed E-state index contributed by atoms with van der Waals surface area (Å²) in [6.45, 7) is 14.2. The smallest absolute Gasteiger partial charge is 0.187 e. The Morgan fingerprint density at radius 2 is 0.286 bits per heavy atom. The maximum absolute atomic E-state index is 12.3. The first-order valence-electron chi connectivity index (χ1n) is 38.4. The molecule has 0 spiro atoms. The number of rotatable bonds is 35. The van der Waals surface area contributed by atoms with Crippen molar-refractivity contribution >= 4 is 82.3 Å². The second-order valence-corrected chi connectivity index (χ2v) is 36.4. The molecule has 0 aromatic carbocycles. The summed E-state index contributed by atoms with van der Waals surface area (Å²) in [5.41, 5.74) is 0. The summed E-state index contributed by atoms with van der Waals surface area (Å²) >= 11 is 10.2. The molecule has 21 fully saturated rings. The number of aliphatic hydroxyl groups excluding tert-OH is 14. The maximum Gasteiger partial charge on any atom is 0.187 e. The molecule has 0 aliphatic carbocycles. The minimum atomic E-state index is -1.93. The van der Waals surface area contributed by atoms with Gasteiger partial charge in [-0.1, -0.05) is 93.4 Å². The molecular formula is C70H126O28S7. The first kappa shape index (κ1) is 91.8. The van der Waals surface area contributed by atoms with E-state index in [0.717, 1.165) is 89.9 Å². The Labute approximate surface area is 649 Å². The van der Waals surface area contributed by atoms with Crippen molar-refractivity contribution in [3.8, 4) is 0 Å². The van der Waals surface area contributed by atoms with E-state index in [9.17, 15) is 71.5 Å². The molecule has 21 heterocycles. The molecule has 105 heavy (non-hydrogen) atoms. The maximum atomic E-state index is 12.3. The van der Waals surface area contributed by atoms with Crippen LogP contribution in [0.2, 0.25) is 0 Å². The van der Waals surface area contributed by atoms with Crippen LogP contribution in [0.3, 0.4) is 0 Å². The molecule has 21 aliphatic heterocycles. The summed E-state index contributed by atoms with van der Waals surface area (Å²) in [6, 6.07) is 0. The number of hydrogen-bond donors (Lipinski definition) is 14. The Balaban J connectivity index is 1.19. The molecule has 616 valence electrons. The van der Waals surface area contributed by atoms with E-state index in [1.807, 2.05) is 48.5 Å². The van der Waals surface area contributed by atoms with Gasteiger partial charge in [0, 0.05) is 40.3 Å². The van der Waals surface area contributed by atoms with E-state index in [0.29, 0.717) is 40.3 Å². The molecule has 0 aromatic rings. The number of ether oxygens (including phenoxy) is 14. The molecule has 35 atom stereocenters. The summed E-state index contributed by atoms with van der Waals surface area (Å²) in [6.07, 6.45) is -44.8. The first-order chi connectivity index (χ1) is 50.7. The van der Waals surface area contributed by atoms with Gasteiger partial charge in [-0.25, -0.2) is 0 Å². The SMILES string of the molecule is CCCCSC[C@H]1O[C@@H]2O[C@H]3[C@H](O)[C@@H](O)[C@@H](O[C@H]4[C@H](O)[C@@H](O)[C@@H](O[C@H]5[C@H](O)[C@@H](O)[C@@H](O[C@H]6[C@H](O)[C@@H](O)[C@@H](O[C@H]7[C@H](O)[C@@H](O)[C@@H](O[C@H]8[C@H](O)[C@@H](O)[C@@H](O[C@H]1[C@H](O)[C@H]2O)O[C@@H]8CSCCCC)O[C@@H]7CSCCCC)O[C@@H]6CSCCCC)O[C@@H]5CSCCCC)O[C@@H]4CSCCCC)O[C@@H]3CSCCCC. The zero-order valence-corrected chi connectivity index (χ0v) is 67.6. The Morgan fingerprint density at radius 3 is 0.390 bits per heavy atom. The van der Waals surface area contributed by atoms with Crippen molar-refractivity contribution in [3.05, 3.63) is 0 Å². The highest BCUT2D eigenvalue weighted by Gasteiger charge is 2.60. The van der Waals surface area contributed by atoms with Gasteiger partial charge in [0.2, 0.25) is 0 Å². The van der Waals surface area contributed by atoms with E-state index in [1.165, 1.54) is 82.3 Å². The zero-order valence-electron chi connectivity index (χ0n) is 61.8. The van der Waals surface area contributed by atoms with E-state index in [4.69, 9.17) is 66.3 Å². The molecule has 14 bridgehead atoms. The third-order valence-electron chi connectivity index (χ3n) is 20.0. The van der Waals surface area contributed by atoms with Crippen LogP contribution in [0.1, 0.15) is 138 Å². The fraction of sp³-hybridized carbons (Fsp3) is 1.00. The van der Waals surface area contributed by atoms with Gasteiger partial charge in [0.1, 0.15) is 128 Å². The van der Waals surface area contributed by atoms with Crippen LogP contribution in [0.25, 0.3) is 0 Å². The lowest BCUT2D eigenvalue weighted by molar-refractivity contribution is -0.389. The topological polar surface area (TPSA) is 412 Å². The minimum absolute atomic E-state index is 0.139. The highest BCUT2D eigenvalue weighted by molar-refractivity contribution is 8.00. The Morgan fingerprint density at radius 1 is 0.171 bits per heavy atom. The van der Waals surface area contributed by atoms with Crippen LogP contribution in [0.15, 0.2) is 0 Å². The lowest BCUT2D eigenvalue weighted by Crippen LogP contribution is -2.68. The van der Waals surface area contributed by atoms with Crippen LogP contribution >= 0.6 is 82.3 Å². The summed E-state index contributed by atoms with van der Waals surface area (Å²) in [5.74, 6) is 5.53. The van der Waals surface area contributed by atoms with Crippen molar-refractivity contribution in [2.45, 2.75) is 353 Å². The van der Waals surface area contributed by atoms with Gasteiger partial charge in [-0.2, -0.15) is 82.3 Å². The van der Waals surface area contributed by atoms with E-state index in [2.05, 4.69) is 0 Å². The van der Waals surface area contributed by atoms with Gasteiger partial charge in [-0.05, 0) is 85.2 Å². The number of thioether (sulfide) groups is 7. The largest absolute Gasteiger partial charge is 0.387 e. The minimum Gasteiger partial charge on any atom is -0.387 e. The van der Waals surface area contributed by atoms with Gasteiger partial charge in [0.25, 0.3) is 0 Å². The summed E-state index contributed by atoms with van der Waals surface area (Å²) in [7, 11) is 0. The number of hydrogen-bond acceptors (Lipinski definition) is 35. The summed E-state index contributed by atoms with van der Waals surface area (Å²) in [5, 5.41) is 172. The Bertz CT molecular complexity index is 1930. The van der Waals surface area contributed by atoms with Crippen molar-refractivity contribution in [2.75, 3.05) is 80.5 Å². The molecule has 21 aliphatic rings. The van der Waals surface area contributed by atoms with Gasteiger partial charge >= 0.3 is 0 Å². The molecule has 0 amide bonds. The first-order valence-corrected chi connectivity index (χ1v) is 46.5. The standard InChI is InChI=1S/C70H126O28S7/c1-8-15-22-99-29-36-57-43(71)50(78)64(85-36)93-58-37(30-100-23-16-9-2)87-66(52(80)45(58)73)95-60-39(32-102-25-18-11-4)89-68(54(82)47(60)75)97-62-41(34-104-27-20-13-6)91-70(56(84)49(62)77)98-63-42(35-105-28-21-14-7)90-69(55(83)48(63)76)96-61-40(33-103-26-19-12-5)88-67(53(81)46(61)74)94-59-38(31-101-24-17-10-3)86-65(92-57)51(79)44(59)72/h36-84H,8-35H2,1-7H3/t36-,37-,38-,39-,40-,41-,42-,43-,44-,45-,46-,47-,48-,49-,50-,51-,52-,53-,54-,55-,56-,57-,58-,59-,60-,61-,62-,63-,64-,65-,66-,67-,68-,69-,70-/m1/s1. The fourth-order valence-corrected chi connectivity index (χ4v) is 21.6. The molecule has 28 nitrogen and oxygen atoms in total. The number of aliphatic hydroxyl groups is 14. The second kappa shape index (κ2) is 47.5. The van der Waals surface area contributed by atoms with Gasteiger partial charge in [0.05, 0.1) is 42.7 Å². The highest BCUT2D eigenvalue weighted by atomic mass is 32.2. The van der Waals surface area contributed by atoms with Crippen LogP contribution in [-0.2, 0) is 66.3 Å². The molecule has 0 unspecified atom stereocenters. The van der Waals surface area contributed by atoms with Crippen molar-refractivity contribution in [3.63, 3.8) is 0 Å². The van der Waals surface area contributed by atoms with Crippen molar-refractivity contribution in [1.82, 2.24) is 0 Å².